The molecular weight excluding hydrogens is 226 g/mol. The number of hydrogen-bond donors (Lipinski definition) is 2. The maximum absolute atomic E-state index is 11.9. The molecule has 0 spiro atoms. The first-order valence-corrected chi connectivity index (χ1v) is 6.76. The predicted octanol–water partition coefficient (Wildman–Crippen LogP) is 2.38. The Morgan fingerprint density at radius 3 is 2.33 bits per heavy atom. The third kappa shape index (κ3) is 3.57. The van der Waals surface area contributed by atoms with Crippen LogP contribution in [0.15, 0.2) is 24.3 Å². The van der Waals surface area contributed by atoms with Crippen molar-refractivity contribution in [1.82, 2.24) is 5.32 Å². The first-order valence-electron chi connectivity index (χ1n) is 6.76. The minimum Gasteiger partial charge on any atom is -0.392 e. The van der Waals surface area contributed by atoms with Crippen molar-refractivity contribution in [2.45, 2.75) is 45.3 Å². The van der Waals surface area contributed by atoms with Gasteiger partial charge in [-0.3, -0.25) is 4.79 Å². The highest BCUT2D eigenvalue weighted by Crippen LogP contribution is 2.23. The van der Waals surface area contributed by atoms with Crippen molar-refractivity contribution in [1.29, 1.82) is 0 Å². The Bertz CT molecular complexity index is 380. The first kappa shape index (κ1) is 13.1. The van der Waals surface area contributed by atoms with Crippen molar-refractivity contribution in [3.05, 3.63) is 35.4 Å². The zero-order chi connectivity index (χ0) is 12.8. The van der Waals surface area contributed by atoms with E-state index in [9.17, 15) is 4.79 Å². The van der Waals surface area contributed by atoms with E-state index in [1.54, 1.807) is 0 Å². The van der Waals surface area contributed by atoms with Gasteiger partial charge in [-0.2, -0.15) is 0 Å². The van der Waals surface area contributed by atoms with Gasteiger partial charge in [-0.05, 0) is 24.0 Å². The van der Waals surface area contributed by atoms with E-state index < -0.39 is 0 Å². The van der Waals surface area contributed by atoms with Crippen LogP contribution in [0.5, 0.6) is 0 Å². The smallest absolute Gasteiger partial charge is 0.223 e. The number of aliphatic hydroxyl groups excluding tert-OH is 1. The van der Waals surface area contributed by atoms with E-state index in [1.165, 1.54) is 19.3 Å². The van der Waals surface area contributed by atoms with Crippen LogP contribution in [0.3, 0.4) is 0 Å². The van der Waals surface area contributed by atoms with Crippen LogP contribution in [0.2, 0.25) is 0 Å². The molecule has 3 heteroatoms. The molecule has 1 aromatic carbocycles. The predicted molar refractivity (Wildman–Crippen MR) is 70.8 cm³/mol. The molecule has 1 aliphatic rings. The van der Waals surface area contributed by atoms with Crippen molar-refractivity contribution >= 4 is 5.91 Å². The lowest BCUT2D eigenvalue weighted by atomic mass is 9.88. The van der Waals surface area contributed by atoms with E-state index in [4.69, 9.17) is 5.11 Å². The maximum atomic E-state index is 11.9. The summed E-state index contributed by atoms with van der Waals surface area (Å²) in [5.74, 6) is 0.413. The van der Waals surface area contributed by atoms with Gasteiger partial charge >= 0.3 is 0 Å². The van der Waals surface area contributed by atoms with Crippen LogP contribution < -0.4 is 5.32 Å². The Morgan fingerprint density at radius 2 is 1.72 bits per heavy atom. The Hall–Kier alpha value is -1.35. The molecule has 0 bridgehead atoms. The summed E-state index contributed by atoms with van der Waals surface area (Å²) >= 11 is 0. The molecule has 0 heterocycles. The first-order chi connectivity index (χ1) is 8.79. The van der Waals surface area contributed by atoms with Crippen LogP contribution in [-0.4, -0.2) is 11.0 Å². The number of amides is 1. The molecule has 0 atom stereocenters. The fraction of sp³-hybridized carbons (Fsp3) is 0.533. The van der Waals surface area contributed by atoms with E-state index in [0.717, 1.165) is 24.0 Å². The molecule has 1 amide bonds. The van der Waals surface area contributed by atoms with Gasteiger partial charge in [-0.25, -0.2) is 0 Å². The average molecular weight is 247 g/mol. The van der Waals surface area contributed by atoms with E-state index in [-0.39, 0.29) is 18.4 Å². The zero-order valence-electron chi connectivity index (χ0n) is 10.7. The van der Waals surface area contributed by atoms with Crippen molar-refractivity contribution < 1.29 is 9.90 Å². The number of benzene rings is 1. The molecule has 1 aliphatic carbocycles. The summed E-state index contributed by atoms with van der Waals surface area (Å²) in [6, 6.07) is 7.68. The van der Waals surface area contributed by atoms with Gasteiger partial charge in [0, 0.05) is 12.5 Å². The molecule has 0 aromatic heterocycles. The Balaban J connectivity index is 1.80. The summed E-state index contributed by atoms with van der Waals surface area (Å²) in [5.41, 5.74) is 1.98. The quantitative estimate of drug-likeness (QED) is 0.858. The van der Waals surface area contributed by atoms with Crippen molar-refractivity contribution in [2.24, 2.45) is 5.92 Å². The zero-order valence-corrected chi connectivity index (χ0v) is 10.7. The molecule has 3 nitrogen and oxygen atoms in total. The summed E-state index contributed by atoms with van der Waals surface area (Å²) in [6.07, 6.45) is 5.71. The van der Waals surface area contributed by atoms with Crippen LogP contribution >= 0.6 is 0 Å². The van der Waals surface area contributed by atoms with Gasteiger partial charge in [0.15, 0.2) is 0 Å². The van der Waals surface area contributed by atoms with E-state index in [2.05, 4.69) is 5.32 Å². The number of hydrogen-bond acceptors (Lipinski definition) is 2. The monoisotopic (exact) mass is 247 g/mol. The second-order valence-corrected chi connectivity index (χ2v) is 5.03. The highest BCUT2D eigenvalue weighted by molar-refractivity contribution is 5.78. The largest absolute Gasteiger partial charge is 0.392 e. The van der Waals surface area contributed by atoms with Crippen LogP contribution in [0.1, 0.15) is 43.2 Å². The molecular formula is C15H21NO2. The Kier molecular flexibility index (Phi) is 4.76. The van der Waals surface area contributed by atoms with Crippen molar-refractivity contribution in [3.63, 3.8) is 0 Å². The maximum Gasteiger partial charge on any atom is 0.223 e. The van der Waals surface area contributed by atoms with Crippen molar-refractivity contribution in [3.8, 4) is 0 Å². The summed E-state index contributed by atoms with van der Waals surface area (Å²) in [7, 11) is 0. The molecule has 1 saturated carbocycles. The topological polar surface area (TPSA) is 49.3 Å². The molecule has 2 N–H and O–H groups in total. The Labute approximate surface area is 108 Å². The molecule has 1 aromatic rings. The van der Waals surface area contributed by atoms with Crippen molar-refractivity contribution in [2.75, 3.05) is 0 Å². The third-order valence-corrected chi connectivity index (χ3v) is 3.65. The highest BCUT2D eigenvalue weighted by Gasteiger charge is 2.20. The molecule has 18 heavy (non-hydrogen) atoms. The van der Waals surface area contributed by atoms with Gasteiger partial charge in [-0.1, -0.05) is 43.5 Å². The second kappa shape index (κ2) is 6.55. The summed E-state index contributed by atoms with van der Waals surface area (Å²) < 4.78 is 0. The molecule has 98 valence electrons. The summed E-state index contributed by atoms with van der Waals surface area (Å²) in [5, 5.41) is 12.0. The molecule has 0 aliphatic heterocycles. The normalized spacial score (nSPS) is 16.5. The number of aliphatic hydroxyl groups is 1. The number of carbonyl (C=O) groups is 1. The minimum absolute atomic E-state index is 0.0642. The fourth-order valence-electron chi connectivity index (χ4n) is 2.46. The van der Waals surface area contributed by atoms with Gasteiger partial charge in [0.1, 0.15) is 0 Å². The summed E-state index contributed by atoms with van der Waals surface area (Å²) in [4.78, 5) is 11.9. The highest BCUT2D eigenvalue weighted by atomic mass is 16.3. The van der Waals surface area contributed by atoms with E-state index in [0.29, 0.717) is 6.54 Å². The van der Waals surface area contributed by atoms with Gasteiger partial charge in [0.25, 0.3) is 0 Å². The lowest BCUT2D eigenvalue weighted by Crippen LogP contribution is -2.31. The number of carbonyl (C=O) groups excluding carboxylic acids is 1. The molecule has 0 unspecified atom stereocenters. The van der Waals surface area contributed by atoms with Gasteiger partial charge < -0.3 is 10.4 Å². The van der Waals surface area contributed by atoms with Crippen LogP contribution in [0.25, 0.3) is 0 Å². The minimum atomic E-state index is 0.0642. The number of nitrogens with one attached hydrogen (secondary N) is 1. The lowest BCUT2D eigenvalue weighted by Gasteiger charge is -2.20. The fourth-order valence-corrected chi connectivity index (χ4v) is 2.46. The summed E-state index contributed by atoms with van der Waals surface area (Å²) in [6.45, 7) is 0.649. The molecule has 0 saturated heterocycles. The molecule has 1 fully saturated rings. The van der Waals surface area contributed by atoms with E-state index in [1.807, 2.05) is 24.3 Å². The van der Waals surface area contributed by atoms with Gasteiger partial charge in [0.2, 0.25) is 5.91 Å². The average Bonchev–Trinajstić information content (AvgIpc) is 2.46. The SMILES string of the molecule is O=C(NCc1ccc(CO)cc1)C1CCCCC1. The lowest BCUT2D eigenvalue weighted by molar-refractivity contribution is -0.126. The van der Waals surface area contributed by atoms with Gasteiger partial charge in [-0.15, -0.1) is 0 Å². The molecule has 0 radical (unpaired) electrons. The second-order valence-electron chi connectivity index (χ2n) is 5.03. The standard InChI is InChI=1S/C15H21NO2/c17-11-13-8-6-12(7-9-13)10-16-15(18)14-4-2-1-3-5-14/h6-9,14,17H,1-5,10-11H2,(H,16,18). The number of rotatable bonds is 4. The van der Waals surface area contributed by atoms with Crippen LogP contribution in [0.4, 0.5) is 0 Å². The Morgan fingerprint density at radius 1 is 1.11 bits per heavy atom. The van der Waals surface area contributed by atoms with Crippen LogP contribution in [-0.2, 0) is 17.9 Å². The van der Waals surface area contributed by atoms with E-state index >= 15 is 0 Å². The van der Waals surface area contributed by atoms with Gasteiger partial charge in [0.05, 0.1) is 6.61 Å². The molecule has 2 rings (SSSR count). The van der Waals surface area contributed by atoms with Crippen LogP contribution in [0, 0.1) is 5.92 Å². The third-order valence-electron chi connectivity index (χ3n) is 3.65.